The molecule has 0 bridgehead atoms. The number of methoxy groups -OCH3 is 1. The van der Waals surface area contributed by atoms with E-state index >= 15 is 0 Å². The van der Waals surface area contributed by atoms with E-state index in [0.29, 0.717) is 6.10 Å². The molecule has 1 aliphatic heterocycles. The van der Waals surface area contributed by atoms with Gasteiger partial charge in [-0.25, -0.2) is 0 Å². The van der Waals surface area contributed by atoms with Crippen molar-refractivity contribution in [2.45, 2.75) is 57.6 Å². The van der Waals surface area contributed by atoms with Gasteiger partial charge in [0.1, 0.15) is 0 Å². The Labute approximate surface area is 120 Å². The van der Waals surface area contributed by atoms with Crippen LogP contribution >= 0.6 is 0 Å². The van der Waals surface area contributed by atoms with E-state index in [1.54, 1.807) is 0 Å². The molecule has 0 aromatic rings. The maximum atomic E-state index is 5.38. The Kier molecular flexibility index (Phi) is 12.4. The average Bonchev–Trinajstić information content (AvgIpc) is 2.47. The molecule has 1 rings (SSSR count). The standard InChI is InChI=1S/C14H30N2O.C2H4/c1-4-14(17-3)7-5-6-10-15-13-8-11-16(2)12-9-13;1-2/h13-15H,4-12H2,1-3H3;1-2H2/t14-;/m0./s1. The zero-order chi connectivity index (χ0) is 14.5. The molecule has 3 heteroatoms. The second kappa shape index (κ2) is 12.6. The molecule has 114 valence electrons. The number of rotatable bonds is 8. The first kappa shape index (κ1) is 18.6. The van der Waals surface area contributed by atoms with Gasteiger partial charge < -0.3 is 15.0 Å². The third-order valence-electron chi connectivity index (χ3n) is 3.89. The normalized spacial score (nSPS) is 18.7. The Balaban J connectivity index is 0.00000154. The summed E-state index contributed by atoms with van der Waals surface area (Å²) >= 11 is 0. The molecule has 1 fully saturated rings. The molecule has 1 heterocycles. The third-order valence-corrected chi connectivity index (χ3v) is 3.89. The Hall–Kier alpha value is -0.380. The number of unbranched alkanes of at least 4 members (excludes halogenated alkanes) is 1. The van der Waals surface area contributed by atoms with Crippen LogP contribution in [-0.2, 0) is 4.74 Å². The van der Waals surface area contributed by atoms with Gasteiger partial charge in [0.05, 0.1) is 6.10 Å². The second-order valence-corrected chi connectivity index (χ2v) is 5.29. The van der Waals surface area contributed by atoms with Crippen LogP contribution in [0.4, 0.5) is 0 Å². The SMILES string of the molecule is C=C.CC[C@@H](CCCCNC1CCN(C)CC1)OC. The van der Waals surface area contributed by atoms with Crippen LogP contribution in [0.1, 0.15) is 45.4 Å². The zero-order valence-corrected chi connectivity index (χ0v) is 13.3. The maximum absolute atomic E-state index is 5.38. The number of hydrogen-bond acceptors (Lipinski definition) is 3. The monoisotopic (exact) mass is 270 g/mol. The van der Waals surface area contributed by atoms with E-state index < -0.39 is 0 Å². The van der Waals surface area contributed by atoms with Crippen molar-refractivity contribution in [1.82, 2.24) is 10.2 Å². The molecule has 1 aliphatic rings. The van der Waals surface area contributed by atoms with E-state index in [4.69, 9.17) is 4.74 Å². The average molecular weight is 270 g/mol. The van der Waals surface area contributed by atoms with Crippen molar-refractivity contribution in [3.8, 4) is 0 Å². The first-order valence-electron chi connectivity index (χ1n) is 7.71. The minimum atomic E-state index is 0.471. The molecule has 0 unspecified atom stereocenters. The predicted molar refractivity (Wildman–Crippen MR) is 84.7 cm³/mol. The van der Waals surface area contributed by atoms with Crippen LogP contribution in [0.25, 0.3) is 0 Å². The summed E-state index contributed by atoms with van der Waals surface area (Å²) in [5, 5.41) is 3.68. The summed E-state index contributed by atoms with van der Waals surface area (Å²) in [5.74, 6) is 0. The van der Waals surface area contributed by atoms with Crippen molar-refractivity contribution in [2.75, 3.05) is 33.8 Å². The van der Waals surface area contributed by atoms with Crippen LogP contribution in [-0.4, -0.2) is 50.8 Å². The van der Waals surface area contributed by atoms with Crippen molar-refractivity contribution in [3.63, 3.8) is 0 Å². The van der Waals surface area contributed by atoms with Crippen molar-refractivity contribution in [2.24, 2.45) is 0 Å². The van der Waals surface area contributed by atoms with Crippen LogP contribution in [0.2, 0.25) is 0 Å². The molecule has 1 saturated heterocycles. The lowest BCUT2D eigenvalue weighted by Crippen LogP contribution is -2.41. The molecular formula is C16H34N2O. The highest BCUT2D eigenvalue weighted by atomic mass is 16.5. The number of nitrogens with one attached hydrogen (secondary N) is 1. The first-order chi connectivity index (χ1) is 9.26. The number of ether oxygens (including phenoxy) is 1. The van der Waals surface area contributed by atoms with Gasteiger partial charge in [-0.1, -0.05) is 6.92 Å². The van der Waals surface area contributed by atoms with Gasteiger partial charge in [-0.3, -0.25) is 0 Å². The van der Waals surface area contributed by atoms with Crippen LogP contribution in [0.5, 0.6) is 0 Å². The molecule has 0 aromatic heterocycles. The lowest BCUT2D eigenvalue weighted by Gasteiger charge is -2.29. The fraction of sp³-hybridized carbons (Fsp3) is 0.875. The van der Waals surface area contributed by atoms with Crippen LogP contribution in [0, 0.1) is 0 Å². The Morgan fingerprint density at radius 1 is 1.26 bits per heavy atom. The minimum absolute atomic E-state index is 0.471. The molecule has 1 atom stereocenters. The zero-order valence-electron chi connectivity index (χ0n) is 13.3. The fourth-order valence-corrected chi connectivity index (χ4v) is 2.50. The van der Waals surface area contributed by atoms with Crippen molar-refractivity contribution in [1.29, 1.82) is 0 Å². The largest absolute Gasteiger partial charge is 0.381 e. The lowest BCUT2D eigenvalue weighted by atomic mass is 10.1. The maximum Gasteiger partial charge on any atom is 0.0568 e. The molecule has 19 heavy (non-hydrogen) atoms. The highest BCUT2D eigenvalue weighted by molar-refractivity contribution is 4.75. The molecule has 0 radical (unpaired) electrons. The van der Waals surface area contributed by atoms with E-state index in [1.165, 1.54) is 51.7 Å². The van der Waals surface area contributed by atoms with Gasteiger partial charge in [-0.15, -0.1) is 13.2 Å². The molecule has 3 nitrogen and oxygen atoms in total. The Morgan fingerprint density at radius 2 is 1.89 bits per heavy atom. The lowest BCUT2D eigenvalue weighted by molar-refractivity contribution is 0.0898. The van der Waals surface area contributed by atoms with E-state index in [-0.39, 0.29) is 0 Å². The molecule has 0 saturated carbocycles. The highest BCUT2D eigenvalue weighted by Crippen LogP contribution is 2.09. The number of hydrogen-bond donors (Lipinski definition) is 1. The number of nitrogens with zero attached hydrogens (tertiary/aromatic N) is 1. The first-order valence-corrected chi connectivity index (χ1v) is 7.71. The topological polar surface area (TPSA) is 24.5 Å². The van der Waals surface area contributed by atoms with E-state index in [0.717, 1.165) is 12.5 Å². The molecule has 0 aromatic carbocycles. The van der Waals surface area contributed by atoms with Gasteiger partial charge in [0, 0.05) is 13.2 Å². The van der Waals surface area contributed by atoms with E-state index in [2.05, 4.69) is 37.3 Å². The third kappa shape index (κ3) is 9.20. The van der Waals surface area contributed by atoms with Gasteiger partial charge in [0.25, 0.3) is 0 Å². The van der Waals surface area contributed by atoms with Gasteiger partial charge in [0.2, 0.25) is 0 Å². The van der Waals surface area contributed by atoms with Gasteiger partial charge in [0.15, 0.2) is 0 Å². The Bertz CT molecular complexity index is 187. The van der Waals surface area contributed by atoms with Crippen molar-refractivity contribution >= 4 is 0 Å². The molecule has 0 aliphatic carbocycles. The smallest absolute Gasteiger partial charge is 0.0568 e. The molecule has 0 spiro atoms. The molecule has 1 N–H and O–H groups in total. The summed E-state index contributed by atoms with van der Waals surface area (Å²) < 4.78 is 5.38. The Morgan fingerprint density at radius 3 is 2.42 bits per heavy atom. The van der Waals surface area contributed by atoms with Gasteiger partial charge >= 0.3 is 0 Å². The highest BCUT2D eigenvalue weighted by Gasteiger charge is 2.15. The van der Waals surface area contributed by atoms with Crippen LogP contribution in [0.3, 0.4) is 0 Å². The second-order valence-electron chi connectivity index (χ2n) is 5.29. The quantitative estimate of drug-likeness (QED) is 0.542. The van der Waals surface area contributed by atoms with Crippen LogP contribution in [0.15, 0.2) is 13.2 Å². The summed E-state index contributed by atoms with van der Waals surface area (Å²) in [6, 6.07) is 0.760. The summed E-state index contributed by atoms with van der Waals surface area (Å²) in [7, 11) is 4.04. The van der Waals surface area contributed by atoms with Crippen molar-refractivity contribution < 1.29 is 4.74 Å². The van der Waals surface area contributed by atoms with E-state index in [1.807, 2.05) is 7.11 Å². The number of piperidine rings is 1. The minimum Gasteiger partial charge on any atom is -0.381 e. The fourth-order valence-electron chi connectivity index (χ4n) is 2.50. The van der Waals surface area contributed by atoms with Gasteiger partial charge in [-0.05, 0) is 65.2 Å². The molecule has 0 amide bonds. The van der Waals surface area contributed by atoms with Gasteiger partial charge in [-0.2, -0.15) is 0 Å². The van der Waals surface area contributed by atoms with Crippen LogP contribution < -0.4 is 5.32 Å². The number of likely N-dealkylation sites (tertiary alicyclic amines) is 1. The predicted octanol–water partition coefficient (Wildman–Crippen LogP) is 3.07. The van der Waals surface area contributed by atoms with E-state index in [9.17, 15) is 0 Å². The summed E-state index contributed by atoms with van der Waals surface area (Å²) in [6.45, 7) is 11.9. The van der Waals surface area contributed by atoms with Crippen molar-refractivity contribution in [3.05, 3.63) is 13.2 Å². The summed E-state index contributed by atoms with van der Waals surface area (Å²) in [5.41, 5.74) is 0. The molecular weight excluding hydrogens is 236 g/mol. The summed E-state index contributed by atoms with van der Waals surface area (Å²) in [4.78, 5) is 2.42. The summed E-state index contributed by atoms with van der Waals surface area (Å²) in [6.07, 6.45) is 8.01.